The summed E-state index contributed by atoms with van der Waals surface area (Å²) >= 11 is 1.17. The smallest absolute Gasteiger partial charge is 0.266 e. The lowest BCUT2D eigenvalue weighted by molar-refractivity contribution is -0.116. The SMILES string of the molecule is Cc1ccc(NC(=O)c2sc3ncn(CC(=O)Nc4ccccc4C(C)C)c(=O)c3c2C)c(C)c1. The summed E-state index contributed by atoms with van der Waals surface area (Å²) in [6.07, 6.45) is 1.36. The van der Waals surface area contributed by atoms with Crippen molar-refractivity contribution in [2.75, 3.05) is 10.6 Å². The van der Waals surface area contributed by atoms with Crippen LogP contribution in [0.3, 0.4) is 0 Å². The Bertz CT molecular complexity index is 1500. The van der Waals surface area contributed by atoms with E-state index in [0.717, 1.165) is 28.1 Å². The van der Waals surface area contributed by atoms with Crippen LogP contribution in [-0.2, 0) is 11.3 Å². The van der Waals surface area contributed by atoms with Crippen molar-refractivity contribution in [1.29, 1.82) is 0 Å². The summed E-state index contributed by atoms with van der Waals surface area (Å²) in [4.78, 5) is 44.2. The highest BCUT2D eigenvalue weighted by Gasteiger charge is 2.21. The molecule has 8 heteroatoms. The van der Waals surface area contributed by atoms with Crippen molar-refractivity contribution in [1.82, 2.24) is 9.55 Å². The van der Waals surface area contributed by atoms with Gasteiger partial charge in [0, 0.05) is 11.4 Å². The molecule has 0 aliphatic heterocycles. The van der Waals surface area contributed by atoms with Gasteiger partial charge in [-0.15, -0.1) is 11.3 Å². The zero-order chi connectivity index (χ0) is 25.3. The molecule has 0 atom stereocenters. The minimum atomic E-state index is -0.346. The van der Waals surface area contributed by atoms with Crippen LogP contribution in [0.5, 0.6) is 0 Å². The van der Waals surface area contributed by atoms with Crippen molar-refractivity contribution in [3.63, 3.8) is 0 Å². The Morgan fingerprint density at radius 2 is 1.77 bits per heavy atom. The van der Waals surface area contributed by atoms with Crippen molar-refractivity contribution in [2.45, 2.75) is 47.1 Å². The molecular weight excluding hydrogens is 460 g/mol. The molecule has 0 saturated heterocycles. The fourth-order valence-electron chi connectivity index (χ4n) is 4.08. The summed E-state index contributed by atoms with van der Waals surface area (Å²) in [6, 6.07) is 13.4. The van der Waals surface area contributed by atoms with Gasteiger partial charge in [0.2, 0.25) is 5.91 Å². The van der Waals surface area contributed by atoms with Gasteiger partial charge in [0.25, 0.3) is 11.5 Å². The van der Waals surface area contributed by atoms with Crippen LogP contribution in [0, 0.1) is 20.8 Å². The van der Waals surface area contributed by atoms with E-state index in [0.29, 0.717) is 20.7 Å². The molecule has 0 aliphatic rings. The summed E-state index contributed by atoms with van der Waals surface area (Å²) in [6.45, 7) is 9.61. The van der Waals surface area contributed by atoms with E-state index in [1.807, 2.05) is 56.3 Å². The lowest BCUT2D eigenvalue weighted by Crippen LogP contribution is -2.28. The van der Waals surface area contributed by atoms with E-state index in [-0.39, 0.29) is 29.8 Å². The number of nitrogens with zero attached hydrogens (tertiary/aromatic N) is 2. The molecule has 4 aromatic rings. The Balaban J connectivity index is 1.59. The Labute approximate surface area is 207 Å². The number of aromatic nitrogens is 2. The van der Waals surface area contributed by atoms with E-state index in [9.17, 15) is 14.4 Å². The van der Waals surface area contributed by atoms with E-state index in [4.69, 9.17) is 0 Å². The highest BCUT2D eigenvalue weighted by molar-refractivity contribution is 7.20. The summed E-state index contributed by atoms with van der Waals surface area (Å²) in [7, 11) is 0. The maximum absolute atomic E-state index is 13.2. The average Bonchev–Trinajstić information content (AvgIpc) is 3.15. The number of nitrogens with one attached hydrogen (secondary N) is 2. The standard InChI is InChI=1S/C27H28N4O3S/c1-15(2)19-8-6-7-9-21(19)29-22(32)13-31-14-28-26-23(27(31)34)18(5)24(35-26)25(33)30-20-11-10-16(3)12-17(20)4/h6-12,14-15H,13H2,1-5H3,(H,29,32)(H,30,33). The van der Waals surface area contributed by atoms with Gasteiger partial charge in [0.1, 0.15) is 11.4 Å². The molecule has 0 aliphatic carbocycles. The first kappa shape index (κ1) is 24.3. The number of para-hydroxylation sites is 1. The molecule has 7 nitrogen and oxygen atoms in total. The van der Waals surface area contributed by atoms with E-state index < -0.39 is 0 Å². The third-order valence-electron chi connectivity index (χ3n) is 5.92. The van der Waals surface area contributed by atoms with Crippen LogP contribution in [-0.4, -0.2) is 21.4 Å². The molecule has 2 amide bonds. The normalized spacial score (nSPS) is 11.1. The second-order valence-electron chi connectivity index (χ2n) is 8.98. The predicted molar refractivity (Wildman–Crippen MR) is 142 cm³/mol. The summed E-state index contributed by atoms with van der Waals surface area (Å²) in [5, 5.41) is 6.20. The molecule has 2 heterocycles. The average molecular weight is 489 g/mol. The van der Waals surface area contributed by atoms with Crippen LogP contribution in [0.2, 0.25) is 0 Å². The van der Waals surface area contributed by atoms with Crippen LogP contribution in [0.1, 0.15) is 51.7 Å². The zero-order valence-corrected chi connectivity index (χ0v) is 21.2. The van der Waals surface area contributed by atoms with E-state index >= 15 is 0 Å². The van der Waals surface area contributed by atoms with E-state index in [1.54, 1.807) is 6.92 Å². The molecule has 0 saturated carbocycles. The topological polar surface area (TPSA) is 93.1 Å². The van der Waals surface area contributed by atoms with Crippen molar-refractivity contribution in [2.24, 2.45) is 0 Å². The van der Waals surface area contributed by atoms with Gasteiger partial charge in [0.15, 0.2) is 0 Å². The van der Waals surface area contributed by atoms with Crippen LogP contribution < -0.4 is 16.2 Å². The number of benzene rings is 2. The number of fused-ring (bicyclic) bond motifs is 1. The highest BCUT2D eigenvalue weighted by Crippen LogP contribution is 2.28. The van der Waals surface area contributed by atoms with Gasteiger partial charge in [-0.3, -0.25) is 19.0 Å². The number of carbonyl (C=O) groups is 2. The van der Waals surface area contributed by atoms with Crippen molar-refractivity contribution in [3.8, 4) is 0 Å². The van der Waals surface area contributed by atoms with Gasteiger partial charge in [-0.1, -0.05) is 49.7 Å². The van der Waals surface area contributed by atoms with Crippen molar-refractivity contribution < 1.29 is 9.59 Å². The van der Waals surface area contributed by atoms with Crippen molar-refractivity contribution >= 4 is 44.7 Å². The fourth-order valence-corrected chi connectivity index (χ4v) is 5.11. The van der Waals surface area contributed by atoms with Gasteiger partial charge in [-0.2, -0.15) is 0 Å². The second kappa shape index (κ2) is 9.84. The number of carbonyl (C=O) groups excluding carboxylic acids is 2. The number of anilines is 2. The predicted octanol–water partition coefficient (Wildman–Crippen LogP) is 5.40. The Hall–Kier alpha value is -3.78. The lowest BCUT2D eigenvalue weighted by atomic mass is 10.0. The number of hydrogen-bond acceptors (Lipinski definition) is 5. The molecule has 0 bridgehead atoms. The first-order valence-corrected chi connectivity index (χ1v) is 12.2. The lowest BCUT2D eigenvalue weighted by Gasteiger charge is -2.14. The molecule has 2 N–H and O–H groups in total. The molecular formula is C27H28N4O3S. The molecule has 0 fully saturated rings. The Kier molecular flexibility index (Phi) is 6.84. The first-order chi connectivity index (χ1) is 16.7. The van der Waals surface area contributed by atoms with Crippen LogP contribution in [0.25, 0.3) is 10.2 Å². The molecule has 180 valence electrons. The third-order valence-corrected chi connectivity index (χ3v) is 7.12. The molecule has 4 rings (SSSR count). The molecule has 0 unspecified atom stereocenters. The van der Waals surface area contributed by atoms with E-state index in [1.165, 1.54) is 22.2 Å². The highest BCUT2D eigenvalue weighted by atomic mass is 32.1. The maximum Gasteiger partial charge on any atom is 0.266 e. The zero-order valence-electron chi connectivity index (χ0n) is 20.4. The molecule has 2 aromatic heterocycles. The number of amides is 2. The van der Waals surface area contributed by atoms with Gasteiger partial charge >= 0.3 is 0 Å². The maximum atomic E-state index is 13.2. The fraction of sp³-hybridized carbons (Fsp3) is 0.259. The third kappa shape index (κ3) is 5.02. The second-order valence-corrected chi connectivity index (χ2v) is 9.98. The summed E-state index contributed by atoms with van der Waals surface area (Å²) in [5.74, 6) is -0.359. The van der Waals surface area contributed by atoms with Crippen LogP contribution in [0.15, 0.2) is 53.6 Å². The first-order valence-electron chi connectivity index (χ1n) is 11.4. The molecule has 0 radical (unpaired) electrons. The van der Waals surface area contributed by atoms with Gasteiger partial charge in [0.05, 0.1) is 16.6 Å². The minimum absolute atomic E-state index is 0.173. The summed E-state index contributed by atoms with van der Waals surface area (Å²) < 4.78 is 1.28. The van der Waals surface area contributed by atoms with Gasteiger partial charge in [-0.25, -0.2) is 4.98 Å². The number of rotatable bonds is 6. The number of thiophene rings is 1. The monoisotopic (exact) mass is 488 g/mol. The van der Waals surface area contributed by atoms with Gasteiger partial charge in [-0.05, 0) is 55.5 Å². The quantitative estimate of drug-likeness (QED) is 0.380. The Morgan fingerprint density at radius 1 is 1.03 bits per heavy atom. The summed E-state index contributed by atoms with van der Waals surface area (Å²) in [5.41, 5.74) is 4.76. The van der Waals surface area contributed by atoms with Crippen molar-refractivity contribution in [3.05, 3.63) is 86.3 Å². The van der Waals surface area contributed by atoms with Crippen LogP contribution >= 0.6 is 11.3 Å². The largest absolute Gasteiger partial charge is 0.324 e. The minimum Gasteiger partial charge on any atom is -0.324 e. The van der Waals surface area contributed by atoms with Gasteiger partial charge < -0.3 is 10.6 Å². The molecule has 35 heavy (non-hydrogen) atoms. The Morgan fingerprint density at radius 3 is 2.49 bits per heavy atom. The van der Waals surface area contributed by atoms with Crippen LogP contribution in [0.4, 0.5) is 11.4 Å². The molecule has 2 aromatic carbocycles. The number of aryl methyl sites for hydroxylation is 3. The van der Waals surface area contributed by atoms with E-state index in [2.05, 4.69) is 29.5 Å². The molecule has 0 spiro atoms. The number of hydrogen-bond donors (Lipinski definition) is 2.